The molecule has 0 atom stereocenters. The third kappa shape index (κ3) is 4.25. The summed E-state index contributed by atoms with van der Waals surface area (Å²) in [6.07, 6.45) is 3.32. The monoisotopic (exact) mass is 427 g/mol. The molecule has 1 aromatic heterocycles. The van der Waals surface area contributed by atoms with E-state index in [-0.39, 0.29) is 24.1 Å². The van der Waals surface area contributed by atoms with E-state index in [1.165, 1.54) is 10.5 Å². The number of imide groups is 1. The molecule has 0 aliphatic carbocycles. The lowest BCUT2D eigenvalue weighted by atomic mass is 10.0. The number of methoxy groups -OCH3 is 1. The van der Waals surface area contributed by atoms with Crippen LogP contribution in [0.4, 0.5) is 5.69 Å². The number of carbonyl (C=O) groups is 2. The Morgan fingerprint density at radius 2 is 1.69 bits per heavy atom. The average molecular weight is 428 g/mol. The third-order valence-electron chi connectivity index (χ3n) is 5.46. The maximum absolute atomic E-state index is 13.4. The number of nitrogens with zero attached hydrogens (tertiary/aromatic N) is 2. The largest absolute Gasteiger partial charge is 0.497 e. The minimum Gasteiger partial charge on any atom is -0.497 e. The SMILES string of the molecule is COc1ccc(C2=C(Nc3ccc(C(C)C)cc3)C(=O)N(Cc3cccnc3)C2=O)cc1. The molecular weight excluding hydrogens is 402 g/mol. The molecule has 6 nitrogen and oxygen atoms in total. The molecule has 0 unspecified atom stereocenters. The van der Waals surface area contributed by atoms with Crippen LogP contribution in [0, 0.1) is 0 Å². The topological polar surface area (TPSA) is 71.5 Å². The summed E-state index contributed by atoms with van der Waals surface area (Å²) in [4.78, 5) is 32.1. The maximum atomic E-state index is 13.4. The van der Waals surface area contributed by atoms with Gasteiger partial charge in [0.2, 0.25) is 0 Å². The van der Waals surface area contributed by atoms with Crippen LogP contribution in [0.5, 0.6) is 5.75 Å². The molecule has 0 spiro atoms. The highest BCUT2D eigenvalue weighted by atomic mass is 16.5. The zero-order valence-corrected chi connectivity index (χ0v) is 18.3. The first-order chi connectivity index (χ1) is 15.5. The van der Waals surface area contributed by atoms with E-state index in [0.29, 0.717) is 22.8 Å². The van der Waals surface area contributed by atoms with Gasteiger partial charge < -0.3 is 10.1 Å². The summed E-state index contributed by atoms with van der Waals surface area (Å²) in [5.74, 6) is 0.378. The zero-order chi connectivity index (χ0) is 22.7. The van der Waals surface area contributed by atoms with Crippen LogP contribution < -0.4 is 10.1 Å². The van der Waals surface area contributed by atoms with Crippen LogP contribution >= 0.6 is 0 Å². The first kappa shape index (κ1) is 21.3. The summed E-state index contributed by atoms with van der Waals surface area (Å²) in [6, 6.07) is 18.7. The highest BCUT2D eigenvalue weighted by Crippen LogP contribution is 2.32. The predicted molar refractivity (Wildman–Crippen MR) is 124 cm³/mol. The van der Waals surface area contributed by atoms with Crippen molar-refractivity contribution in [2.75, 3.05) is 12.4 Å². The number of rotatable bonds is 7. The van der Waals surface area contributed by atoms with E-state index in [1.807, 2.05) is 30.3 Å². The lowest BCUT2D eigenvalue weighted by Gasteiger charge is -2.15. The van der Waals surface area contributed by atoms with Gasteiger partial charge in [0.25, 0.3) is 11.8 Å². The van der Waals surface area contributed by atoms with Crippen molar-refractivity contribution in [3.63, 3.8) is 0 Å². The first-order valence-electron chi connectivity index (χ1n) is 10.5. The minimum absolute atomic E-state index is 0.155. The average Bonchev–Trinajstić information content (AvgIpc) is 3.04. The van der Waals surface area contributed by atoms with Gasteiger partial charge in [-0.05, 0) is 52.9 Å². The number of aromatic nitrogens is 1. The Morgan fingerprint density at radius 3 is 2.28 bits per heavy atom. The van der Waals surface area contributed by atoms with Crippen LogP contribution in [0.1, 0.15) is 36.5 Å². The second-order valence-electron chi connectivity index (χ2n) is 7.94. The van der Waals surface area contributed by atoms with Gasteiger partial charge in [-0.25, -0.2) is 0 Å². The van der Waals surface area contributed by atoms with Gasteiger partial charge in [0.1, 0.15) is 11.4 Å². The number of ether oxygens (including phenoxy) is 1. The van der Waals surface area contributed by atoms with Gasteiger partial charge in [-0.2, -0.15) is 0 Å². The van der Waals surface area contributed by atoms with Crippen LogP contribution in [0.25, 0.3) is 5.57 Å². The molecule has 1 N–H and O–H groups in total. The van der Waals surface area contributed by atoms with Crippen LogP contribution in [0.3, 0.4) is 0 Å². The standard InChI is InChI=1S/C26H25N3O3/c1-17(2)19-6-10-21(11-7-19)28-24-23(20-8-12-22(32-3)13-9-20)25(30)29(26(24)31)16-18-5-4-14-27-15-18/h4-15,17,28H,16H2,1-3H3. The molecule has 0 radical (unpaired) electrons. The van der Waals surface area contributed by atoms with E-state index in [0.717, 1.165) is 11.3 Å². The Labute approximate surface area is 187 Å². The molecule has 0 saturated carbocycles. The fourth-order valence-electron chi connectivity index (χ4n) is 3.63. The van der Waals surface area contributed by atoms with Crippen molar-refractivity contribution in [1.29, 1.82) is 0 Å². The highest BCUT2D eigenvalue weighted by molar-refractivity contribution is 6.36. The number of pyridine rings is 1. The normalized spacial score (nSPS) is 13.8. The summed E-state index contributed by atoms with van der Waals surface area (Å²) >= 11 is 0. The predicted octanol–water partition coefficient (Wildman–Crippen LogP) is 4.61. The molecule has 162 valence electrons. The van der Waals surface area contributed by atoms with Gasteiger partial charge in [-0.15, -0.1) is 0 Å². The second kappa shape index (κ2) is 9.06. The molecule has 0 saturated heterocycles. The Hall–Kier alpha value is -3.93. The summed E-state index contributed by atoms with van der Waals surface area (Å²) in [5.41, 5.74) is 3.99. The van der Waals surface area contributed by atoms with E-state index in [4.69, 9.17) is 4.74 Å². The summed E-state index contributed by atoms with van der Waals surface area (Å²) < 4.78 is 5.23. The van der Waals surface area contributed by atoms with Crippen molar-refractivity contribution >= 4 is 23.1 Å². The van der Waals surface area contributed by atoms with Crippen molar-refractivity contribution in [1.82, 2.24) is 9.88 Å². The molecule has 0 bridgehead atoms. The van der Waals surface area contributed by atoms with Gasteiger partial charge in [-0.1, -0.05) is 44.2 Å². The van der Waals surface area contributed by atoms with Crippen LogP contribution in [-0.2, 0) is 16.1 Å². The fraction of sp³-hybridized carbons (Fsp3) is 0.192. The minimum atomic E-state index is -0.363. The van der Waals surface area contributed by atoms with Crippen LogP contribution in [0.15, 0.2) is 78.8 Å². The Balaban J connectivity index is 1.71. The number of hydrogen-bond donors (Lipinski definition) is 1. The highest BCUT2D eigenvalue weighted by Gasteiger charge is 2.39. The molecule has 1 aliphatic heterocycles. The molecule has 2 heterocycles. The Kier molecular flexibility index (Phi) is 6.03. The summed E-state index contributed by atoms with van der Waals surface area (Å²) in [5, 5.41) is 3.20. The van der Waals surface area contributed by atoms with Gasteiger partial charge in [-0.3, -0.25) is 19.5 Å². The quantitative estimate of drug-likeness (QED) is 0.558. The van der Waals surface area contributed by atoms with E-state index >= 15 is 0 Å². The van der Waals surface area contributed by atoms with Crippen molar-refractivity contribution in [2.45, 2.75) is 26.3 Å². The van der Waals surface area contributed by atoms with Crippen LogP contribution in [-0.4, -0.2) is 28.8 Å². The Bertz CT molecular complexity index is 1150. The van der Waals surface area contributed by atoms with Gasteiger partial charge in [0.15, 0.2) is 0 Å². The van der Waals surface area contributed by atoms with Gasteiger partial charge in [0.05, 0.1) is 19.2 Å². The van der Waals surface area contributed by atoms with Crippen molar-refractivity contribution in [3.05, 3.63) is 95.4 Å². The lowest BCUT2D eigenvalue weighted by Crippen LogP contribution is -2.32. The number of amides is 2. The number of carbonyl (C=O) groups excluding carboxylic acids is 2. The summed E-state index contributed by atoms with van der Waals surface area (Å²) in [7, 11) is 1.59. The van der Waals surface area contributed by atoms with Gasteiger partial charge >= 0.3 is 0 Å². The summed E-state index contributed by atoms with van der Waals surface area (Å²) in [6.45, 7) is 4.41. The number of benzene rings is 2. The molecule has 32 heavy (non-hydrogen) atoms. The molecule has 2 aromatic carbocycles. The van der Waals surface area contributed by atoms with Crippen molar-refractivity contribution in [3.8, 4) is 5.75 Å². The van der Waals surface area contributed by atoms with E-state index in [2.05, 4.69) is 24.1 Å². The third-order valence-corrected chi connectivity index (χ3v) is 5.46. The molecule has 2 amide bonds. The molecule has 4 rings (SSSR count). The molecular formula is C26H25N3O3. The smallest absolute Gasteiger partial charge is 0.278 e. The fourth-order valence-corrected chi connectivity index (χ4v) is 3.63. The van der Waals surface area contributed by atoms with Gasteiger partial charge in [0, 0.05) is 18.1 Å². The van der Waals surface area contributed by atoms with Crippen LogP contribution in [0.2, 0.25) is 0 Å². The number of hydrogen-bond acceptors (Lipinski definition) is 5. The second-order valence-corrected chi connectivity index (χ2v) is 7.94. The first-order valence-corrected chi connectivity index (χ1v) is 10.5. The Morgan fingerprint density at radius 1 is 0.969 bits per heavy atom. The molecule has 0 fully saturated rings. The molecule has 3 aromatic rings. The number of anilines is 1. The van der Waals surface area contributed by atoms with Crippen molar-refractivity contribution < 1.29 is 14.3 Å². The molecule has 1 aliphatic rings. The maximum Gasteiger partial charge on any atom is 0.278 e. The lowest BCUT2D eigenvalue weighted by molar-refractivity contribution is -0.137. The van der Waals surface area contributed by atoms with Crippen molar-refractivity contribution in [2.24, 2.45) is 0 Å². The van der Waals surface area contributed by atoms with E-state index in [1.54, 1.807) is 49.8 Å². The zero-order valence-electron chi connectivity index (χ0n) is 18.3. The van der Waals surface area contributed by atoms with E-state index in [9.17, 15) is 9.59 Å². The number of nitrogens with one attached hydrogen (secondary N) is 1. The molecule has 6 heteroatoms. The van der Waals surface area contributed by atoms with E-state index < -0.39 is 0 Å².